The molecule has 0 saturated carbocycles. The Bertz CT molecular complexity index is 774. The zero-order chi connectivity index (χ0) is 18.4. The third-order valence-corrected chi connectivity index (χ3v) is 5.28. The molecule has 0 aliphatic carbocycles. The minimum Gasteiger partial charge on any atom is -0.370 e. The Labute approximate surface area is 156 Å². The molecule has 0 spiro atoms. The summed E-state index contributed by atoms with van der Waals surface area (Å²) in [5.41, 5.74) is 2.62. The van der Waals surface area contributed by atoms with Gasteiger partial charge in [0.25, 0.3) is 5.69 Å². The number of carbonyl (C=O) groups excluding carboxylic acids is 1. The van der Waals surface area contributed by atoms with Gasteiger partial charge in [0.2, 0.25) is 5.91 Å². The van der Waals surface area contributed by atoms with Crippen molar-refractivity contribution in [2.45, 2.75) is 13.0 Å². The highest BCUT2D eigenvalue weighted by Gasteiger charge is 2.15. The molecule has 1 N–H and O–H groups in total. The Hall–Kier alpha value is -2.54. The number of para-hydroxylation sites is 1. The van der Waals surface area contributed by atoms with Crippen LogP contribution in [0, 0.1) is 10.1 Å². The van der Waals surface area contributed by atoms with E-state index in [0.29, 0.717) is 12.1 Å². The Morgan fingerprint density at radius 3 is 2.50 bits per heavy atom. The highest BCUT2D eigenvalue weighted by molar-refractivity contribution is 7.99. The van der Waals surface area contributed by atoms with Crippen molar-refractivity contribution in [2.75, 3.05) is 29.5 Å². The smallest absolute Gasteiger partial charge is 0.273 e. The normalized spacial score (nSPS) is 14.1. The lowest BCUT2D eigenvalue weighted by molar-refractivity contribution is -0.385. The maximum atomic E-state index is 12.1. The Kier molecular flexibility index (Phi) is 6.12. The fraction of sp³-hybridized carbons (Fsp3) is 0.316. The van der Waals surface area contributed by atoms with E-state index in [4.69, 9.17) is 0 Å². The summed E-state index contributed by atoms with van der Waals surface area (Å²) in [6.45, 7) is 2.54. The van der Waals surface area contributed by atoms with Gasteiger partial charge in [-0.3, -0.25) is 14.9 Å². The van der Waals surface area contributed by atoms with Gasteiger partial charge in [0.05, 0.1) is 11.3 Å². The van der Waals surface area contributed by atoms with E-state index in [1.54, 1.807) is 18.2 Å². The fourth-order valence-electron chi connectivity index (χ4n) is 2.92. The van der Waals surface area contributed by atoms with Crippen molar-refractivity contribution < 1.29 is 9.72 Å². The predicted molar refractivity (Wildman–Crippen MR) is 105 cm³/mol. The molecule has 6 nitrogen and oxygen atoms in total. The SMILES string of the molecule is O=C(Cc1ccccc1[N+](=O)[O-])NCc1ccc(N2CCSCC2)cc1. The van der Waals surface area contributed by atoms with Crippen molar-refractivity contribution in [3.63, 3.8) is 0 Å². The maximum absolute atomic E-state index is 12.1. The van der Waals surface area contributed by atoms with Crippen molar-refractivity contribution in [3.05, 3.63) is 69.8 Å². The summed E-state index contributed by atoms with van der Waals surface area (Å²) in [4.78, 5) is 25.1. The minimum atomic E-state index is -0.458. The van der Waals surface area contributed by atoms with Gasteiger partial charge in [-0.15, -0.1) is 0 Å². The number of hydrogen-bond acceptors (Lipinski definition) is 5. The van der Waals surface area contributed by atoms with Crippen molar-refractivity contribution >= 4 is 29.0 Å². The second kappa shape index (κ2) is 8.71. The summed E-state index contributed by atoms with van der Waals surface area (Å²) in [7, 11) is 0. The van der Waals surface area contributed by atoms with E-state index in [-0.39, 0.29) is 18.0 Å². The van der Waals surface area contributed by atoms with Crippen LogP contribution in [0.3, 0.4) is 0 Å². The van der Waals surface area contributed by atoms with Gasteiger partial charge in [-0.1, -0.05) is 30.3 Å². The number of thioether (sulfide) groups is 1. The molecule has 0 radical (unpaired) electrons. The third-order valence-electron chi connectivity index (χ3n) is 4.34. The van der Waals surface area contributed by atoms with E-state index in [9.17, 15) is 14.9 Å². The molecule has 3 rings (SSSR count). The number of rotatable bonds is 6. The summed E-state index contributed by atoms with van der Waals surface area (Å²) in [6, 6.07) is 14.5. The fourth-order valence-corrected chi connectivity index (χ4v) is 3.82. The van der Waals surface area contributed by atoms with Crippen LogP contribution in [-0.2, 0) is 17.8 Å². The molecule has 136 valence electrons. The van der Waals surface area contributed by atoms with Crippen LogP contribution in [0.25, 0.3) is 0 Å². The second-order valence-corrected chi connectivity index (χ2v) is 7.33. The van der Waals surface area contributed by atoms with Crippen molar-refractivity contribution in [1.82, 2.24) is 5.32 Å². The van der Waals surface area contributed by atoms with E-state index < -0.39 is 4.92 Å². The number of nitro benzene ring substituents is 1. The van der Waals surface area contributed by atoms with Crippen LogP contribution in [-0.4, -0.2) is 35.4 Å². The van der Waals surface area contributed by atoms with E-state index in [0.717, 1.165) is 30.2 Å². The molecule has 26 heavy (non-hydrogen) atoms. The molecule has 7 heteroatoms. The van der Waals surface area contributed by atoms with Gasteiger partial charge in [0, 0.05) is 48.5 Å². The first-order valence-corrected chi connectivity index (χ1v) is 9.69. The van der Waals surface area contributed by atoms with Crippen LogP contribution in [0.15, 0.2) is 48.5 Å². The standard InChI is InChI=1S/C19H21N3O3S/c23-19(13-16-3-1-2-4-18(16)22(24)25)20-14-15-5-7-17(8-6-15)21-9-11-26-12-10-21/h1-8H,9-14H2,(H,20,23). The van der Waals surface area contributed by atoms with Gasteiger partial charge in [-0.2, -0.15) is 11.8 Å². The summed E-state index contributed by atoms with van der Waals surface area (Å²) in [5, 5.41) is 13.8. The number of benzene rings is 2. The molecule has 1 saturated heterocycles. The van der Waals surface area contributed by atoms with Gasteiger partial charge in [-0.25, -0.2) is 0 Å². The lowest BCUT2D eigenvalue weighted by Crippen LogP contribution is -2.32. The summed E-state index contributed by atoms with van der Waals surface area (Å²) >= 11 is 1.98. The summed E-state index contributed by atoms with van der Waals surface area (Å²) in [5.74, 6) is 2.09. The maximum Gasteiger partial charge on any atom is 0.273 e. The molecule has 0 atom stereocenters. The predicted octanol–water partition coefficient (Wildman–Crippen LogP) is 3.01. The van der Waals surface area contributed by atoms with Crippen LogP contribution < -0.4 is 10.2 Å². The van der Waals surface area contributed by atoms with Gasteiger partial charge in [-0.05, 0) is 17.7 Å². The van der Waals surface area contributed by atoms with Gasteiger partial charge in [0.1, 0.15) is 0 Å². The van der Waals surface area contributed by atoms with Crippen LogP contribution in [0.5, 0.6) is 0 Å². The molecule has 2 aromatic rings. The molecule has 1 amide bonds. The third kappa shape index (κ3) is 4.76. The van der Waals surface area contributed by atoms with Gasteiger partial charge < -0.3 is 10.2 Å². The molecule has 1 aliphatic heterocycles. The summed E-state index contributed by atoms with van der Waals surface area (Å²) in [6.07, 6.45) is 0.000676. The minimum absolute atomic E-state index is 0.000676. The van der Waals surface area contributed by atoms with Crippen LogP contribution in [0.1, 0.15) is 11.1 Å². The highest BCUT2D eigenvalue weighted by Crippen LogP contribution is 2.20. The second-order valence-electron chi connectivity index (χ2n) is 6.11. The quantitative estimate of drug-likeness (QED) is 0.624. The van der Waals surface area contributed by atoms with E-state index >= 15 is 0 Å². The average molecular weight is 371 g/mol. The molecule has 2 aromatic carbocycles. The largest absolute Gasteiger partial charge is 0.370 e. The number of carbonyl (C=O) groups is 1. The summed E-state index contributed by atoms with van der Waals surface area (Å²) < 4.78 is 0. The molecule has 1 fully saturated rings. The van der Waals surface area contributed by atoms with Crippen molar-refractivity contribution in [2.24, 2.45) is 0 Å². The van der Waals surface area contributed by atoms with Gasteiger partial charge in [0.15, 0.2) is 0 Å². The van der Waals surface area contributed by atoms with Gasteiger partial charge >= 0.3 is 0 Å². The zero-order valence-corrected chi connectivity index (χ0v) is 15.2. The number of amides is 1. The molecule has 0 bridgehead atoms. The first-order chi connectivity index (χ1) is 12.6. The molecule has 0 aromatic heterocycles. The van der Waals surface area contributed by atoms with Crippen molar-refractivity contribution in [1.29, 1.82) is 0 Å². The highest BCUT2D eigenvalue weighted by atomic mass is 32.2. The first-order valence-electron chi connectivity index (χ1n) is 8.54. The van der Waals surface area contributed by atoms with Crippen LogP contribution in [0.4, 0.5) is 11.4 Å². The van der Waals surface area contributed by atoms with E-state index in [1.165, 1.54) is 11.8 Å². The number of nitrogens with one attached hydrogen (secondary N) is 1. The number of nitro groups is 1. The first kappa shape index (κ1) is 18.3. The zero-order valence-electron chi connectivity index (χ0n) is 14.4. The lowest BCUT2D eigenvalue weighted by atomic mass is 10.1. The van der Waals surface area contributed by atoms with Crippen LogP contribution in [0.2, 0.25) is 0 Å². The molecule has 1 heterocycles. The molecule has 0 unspecified atom stereocenters. The van der Waals surface area contributed by atoms with Crippen LogP contribution >= 0.6 is 11.8 Å². The van der Waals surface area contributed by atoms with E-state index in [2.05, 4.69) is 22.3 Å². The Balaban J connectivity index is 1.54. The molecular formula is C19H21N3O3S. The lowest BCUT2D eigenvalue weighted by Gasteiger charge is -2.28. The topological polar surface area (TPSA) is 75.5 Å². The average Bonchev–Trinajstić information content (AvgIpc) is 2.68. The Morgan fingerprint density at radius 1 is 1.12 bits per heavy atom. The monoisotopic (exact) mass is 371 g/mol. The number of anilines is 1. The Morgan fingerprint density at radius 2 is 1.81 bits per heavy atom. The number of nitrogens with zero attached hydrogens (tertiary/aromatic N) is 2. The molecule has 1 aliphatic rings. The van der Waals surface area contributed by atoms with E-state index in [1.807, 2.05) is 23.9 Å². The molecular weight excluding hydrogens is 350 g/mol. The number of hydrogen-bond donors (Lipinski definition) is 1. The van der Waals surface area contributed by atoms with Crippen molar-refractivity contribution in [3.8, 4) is 0 Å².